The zero-order valence-electron chi connectivity index (χ0n) is 13.3. The second-order valence-electron chi connectivity index (χ2n) is 5.34. The lowest BCUT2D eigenvalue weighted by Crippen LogP contribution is -2.00. The summed E-state index contributed by atoms with van der Waals surface area (Å²) in [6, 6.07) is 17.5. The Kier molecular flexibility index (Phi) is 4.87. The molecule has 4 nitrogen and oxygen atoms in total. The highest BCUT2D eigenvalue weighted by Gasteiger charge is 2.07. The fraction of sp³-hybridized carbons (Fsp3) is 0.100. The number of aromatic nitrogens is 1. The van der Waals surface area contributed by atoms with E-state index in [0.717, 1.165) is 16.7 Å². The van der Waals surface area contributed by atoms with E-state index >= 15 is 0 Å². The van der Waals surface area contributed by atoms with E-state index in [1.165, 1.54) is 6.08 Å². The molecular weight excluding hydrogens is 302 g/mol. The Labute approximate surface area is 140 Å². The molecule has 24 heavy (non-hydrogen) atoms. The van der Waals surface area contributed by atoms with Crippen molar-refractivity contribution in [1.29, 1.82) is 0 Å². The van der Waals surface area contributed by atoms with E-state index in [1.807, 2.05) is 61.5 Å². The summed E-state index contributed by atoms with van der Waals surface area (Å²) in [5.74, 6) is 0.582. The van der Waals surface area contributed by atoms with Gasteiger partial charge in [0.1, 0.15) is 0 Å². The van der Waals surface area contributed by atoms with Crippen molar-refractivity contribution < 1.29 is 13.9 Å². The molecule has 0 aliphatic carbocycles. The van der Waals surface area contributed by atoms with E-state index in [2.05, 4.69) is 4.98 Å². The molecule has 0 bridgehead atoms. The van der Waals surface area contributed by atoms with Crippen molar-refractivity contribution in [3.8, 4) is 11.3 Å². The van der Waals surface area contributed by atoms with Crippen LogP contribution in [0, 0.1) is 6.92 Å². The van der Waals surface area contributed by atoms with Gasteiger partial charge in [0.15, 0.2) is 12.4 Å². The SMILES string of the molecule is Cc1cccc(/C=C/C(=O)OCc2ncc(-c3ccccc3)o2)c1. The summed E-state index contributed by atoms with van der Waals surface area (Å²) in [5, 5.41) is 0. The quantitative estimate of drug-likeness (QED) is 0.516. The van der Waals surface area contributed by atoms with Crippen molar-refractivity contribution in [3.05, 3.63) is 83.9 Å². The van der Waals surface area contributed by atoms with Gasteiger partial charge in [0.2, 0.25) is 5.89 Å². The van der Waals surface area contributed by atoms with E-state index in [1.54, 1.807) is 12.3 Å². The van der Waals surface area contributed by atoms with E-state index in [4.69, 9.17) is 9.15 Å². The van der Waals surface area contributed by atoms with Crippen molar-refractivity contribution in [2.75, 3.05) is 0 Å². The predicted molar refractivity (Wildman–Crippen MR) is 91.9 cm³/mol. The highest BCUT2D eigenvalue weighted by Crippen LogP contribution is 2.20. The zero-order chi connectivity index (χ0) is 16.8. The Morgan fingerprint density at radius 3 is 2.79 bits per heavy atom. The van der Waals surface area contributed by atoms with Crippen LogP contribution in [-0.4, -0.2) is 11.0 Å². The van der Waals surface area contributed by atoms with Crippen molar-refractivity contribution in [1.82, 2.24) is 4.98 Å². The van der Waals surface area contributed by atoms with Crippen LogP contribution < -0.4 is 0 Å². The molecule has 0 spiro atoms. The molecule has 0 N–H and O–H groups in total. The standard InChI is InChI=1S/C20H17NO3/c1-15-6-5-7-16(12-15)10-11-20(22)23-14-19-21-13-18(24-19)17-8-3-2-4-9-17/h2-13H,14H2,1H3/b11-10+. The Hall–Kier alpha value is -3.14. The number of ether oxygens (including phenoxy) is 1. The van der Waals surface area contributed by atoms with E-state index < -0.39 is 5.97 Å². The number of carbonyl (C=O) groups excluding carboxylic acids is 1. The lowest BCUT2D eigenvalue weighted by Gasteiger charge is -1.99. The van der Waals surface area contributed by atoms with Crippen molar-refractivity contribution in [3.63, 3.8) is 0 Å². The number of carbonyl (C=O) groups is 1. The number of rotatable bonds is 5. The van der Waals surface area contributed by atoms with Crippen LogP contribution >= 0.6 is 0 Å². The monoisotopic (exact) mass is 319 g/mol. The normalized spacial score (nSPS) is 10.9. The second kappa shape index (κ2) is 7.42. The smallest absolute Gasteiger partial charge is 0.331 e. The van der Waals surface area contributed by atoms with Crippen molar-refractivity contribution in [2.45, 2.75) is 13.5 Å². The lowest BCUT2D eigenvalue weighted by atomic mass is 10.1. The first-order valence-electron chi connectivity index (χ1n) is 7.62. The fourth-order valence-corrected chi connectivity index (χ4v) is 2.23. The molecule has 0 atom stereocenters. The second-order valence-corrected chi connectivity index (χ2v) is 5.34. The summed E-state index contributed by atoms with van der Waals surface area (Å²) in [6.45, 7) is 2.01. The molecule has 3 aromatic rings. The molecule has 0 fully saturated rings. The summed E-state index contributed by atoms with van der Waals surface area (Å²) >= 11 is 0. The topological polar surface area (TPSA) is 52.3 Å². The molecule has 0 radical (unpaired) electrons. The number of hydrogen-bond acceptors (Lipinski definition) is 4. The number of nitrogens with zero attached hydrogens (tertiary/aromatic N) is 1. The molecule has 1 aromatic heterocycles. The Bertz CT molecular complexity index is 850. The predicted octanol–water partition coefficient (Wildman–Crippen LogP) is 4.41. The number of aryl methyl sites for hydroxylation is 1. The van der Waals surface area contributed by atoms with E-state index in [-0.39, 0.29) is 6.61 Å². The van der Waals surface area contributed by atoms with Crippen LogP contribution in [0.3, 0.4) is 0 Å². The molecular formula is C20H17NO3. The molecule has 4 heteroatoms. The molecule has 120 valence electrons. The van der Waals surface area contributed by atoms with Gasteiger partial charge in [-0.15, -0.1) is 0 Å². The van der Waals surface area contributed by atoms with Gasteiger partial charge >= 0.3 is 5.97 Å². The Morgan fingerprint density at radius 2 is 2.00 bits per heavy atom. The van der Waals surface area contributed by atoms with Crippen LogP contribution in [0.2, 0.25) is 0 Å². The van der Waals surface area contributed by atoms with Gasteiger partial charge in [-0.25, -0.2) is 9.78 Å². The first-order chi connectivity index (χ1) is 11.7. The zero-order valence-corrected chi connectivity index (χ0v) is 13.3. The maximum absolute atomic E-state index is 11.8. The summed E-state index contributed by atoms with van der Waals surface area (Å²) < 4.78 is 10.7. The third-order valence-electron chi connectivity index (χ3n) is 3.40. The minimum atomic E-state index is -0.434. The van der Waals surface area contributed by atoms with Gasteiger partial charge in [0.05, 0.1) is 6.20 Å². The third kappa shape index (κ3) is 4.20. The van der Waals surface area contributed by atoms with Gasteiger partial charge < -0.3 is 9.15 Å². The molecule has 0 amide bonds. The highest BCUT2D eigenvalue weighted by atomic mass is 16.5. The van der Waals surface area contributed by atoms with E-state index in [0.29, 0.717) is 11.7 Å². The Morgan fingerprint density at radius 1 is 1.17 bits per heavy atom. The maximum Gasteiger partial charge on any atom is 0.331 e. The number of oxazole rings is 1. The fourth-order valence-electron chi connectivity index (χ4n) is 2.23. The molecule has 3 rings (SSSR count). The number of hydrogen-bond donors (Lipinski definition) is 0. The van der Waals surface area contributed by atoms with Crippen LogP contribution in [0.1, 0.15) is 17.0 Å². The summed E-state index contributed by atoms with van der Waals surface area (Å²) in [6.07, 6.45) is 4.75. The molecule has 0 saturated carbocycles. The highest BCUT2D eigenvalue weighted by molar-refractivity contribution is 5.87. The molecule has 0 saturated heterocycles. The van der Waals surface area contributed by atoms with Crippen molar-refractivity contribution in [2.24, 2.45) is 0 Å². The van der Waals surface area contributed by atoms with Gasteiger partial charge in [-0.1, -0.05) is 60.2 Å². The molecule has 0 aliphatic rings. The third-order valence-corrected chi connectivity index (χ3v) is 3.40. The molecule has 0 unspecified atom stereocenters. The Balaban J connectivity index is 1.56. The largest absolute Gasteiger partial charge is 0.453 e. The summed E-state index contributed by atoms with van der Waals surface area (Å²) in [5.41, 5.74) is 3.02. The minimum absolute atomic E-state index is 0.00379. The van der Waals surface area contributed by atoms with Crippen LogP contribution in [0.5, 0.6) is 0 Å². The van der Waals surface area contributed by atoms with Gasteiger partial charge in [0.25, 0.3) is 0 Å². The van der Waals surface area contributed by atoms with Gasteiger partial charge in [0, 0.05) is 11.6 Å². The first-order valence-corrected chi connectivity index (χ1v) is 7.62. The van der Waals surface area contributed by atoms with Gasteiger partial charge in [-0.2, -0.15) is 0 Å². The van der Waals surface area contributed by atoms with Crippen LogP contribution in [-0.2, 0) is 16.1 Å². The number of benzene rings is 2. The summed E-state index contributed by atoms with van der Waals surface area (Å²) in [4.78, 5) is 15.9. The molecule has 0 aliphatic heterocycles. The van der Waals surface area contributed by atoms with Gasteiger partial charge in [-0.3, -0.25) is 0 Å². The maximum atomic E-state index is 11.8. The van der Waals surface area contributed by atoms with Crippen LogP contribution in [0.15, 0.2) is 71.3 Å². The lowest BCUT2D eigenvalue weighted by molar-refractivity contribution is -0.139. The minimum Gasteiger partial charge on any atom is -0.453 e. The average Bonchev–Trinajstić information content (AvgIpc) is 3.08. The van der Waals surface area contributed by atoms with Crippen LogP contribution in [0.4, 0.5) is 0 Å². The van der Waals surface area contributed by atoms with Crippen LogP contribution in [0.25, 0.3) is 17.4 Å². The number of esters is 1. The van der Waals surface area contributed by atoms with E-state index in [9.17, 15) is 4.79 Å². The molecule has 1 heterocycles. The molecule has 2 aromatic carbocycles. The summed E-state index contributed by atoms with van der Waals surface area (Å²) in [7, 11) is 0. The van der Waals surface area contributed by atoms with Crippen molar-refractivity contribution >= 4 is 12.0 Å². The first kappa shape index (κ1) is 15.7. The van der Waals surface area contributed by atoms with Gasteiger partial charge in [-0.05, 0) is 18.6 Å². The average molecular weight is 319 g/mol.